The van der Waals surface area contributed by atoms with Gasteiger partial charge in [-0.25, -0.2) is 8.42 Å². The van der Waals surface area contributed by atoms with Crippen LogP contribution in [0.2, 0.25) is 0 Å². The van der Waals surface area contributed by atoms with Crippen LogP contribution in [0.5, 0.6) is 0 Å². The van der Waals surface area contributed by atoms with Crippen LogP contribution in [0.3, 0.4) is 0 Å². The lowest BCUT2D eigenvalue weighted by molar-refractivity contribution is -0.384. The maximum absolute atomic E-state index is 13.0. The molecule has 29 heavy (non-hydrogen) atoms. The monoisotopic (exact) mass is 416 g/mol. The Balaban J connectivity index is 1.75. The summed E-state index contributed by atoms with van der Waals surface area (Å²) in [4.78, 5) is 15.3. The number of nitro groups is 1. The van der Waals surface area contributed by atoms with Gasteiger partial charge >= 0.3 is 0 Å². The summed E-state index contributed by atoms with van der Waals surface area (Å²) in [6, 6.07) is 12.1. The average molecular weight is 417 g/mol. The van der Waals surface area contributed by atoms with E-state index in [0.29, 0.717) is 31.9 Å². The van der Waals surface area contributed by atoms with Crippen molar-refractivity contribution in [2.24, 2.45) is 0 Å². The second-order valence-corrected chi connectivity index (χ2v) is 9.60. The summed E-state index contributed by atoms with van der Waals surface area (Å²) in [6.07, 6.45) is 0.786. The van der Waals surface area contributed by atoms with Gasteiger partial charge < -0.3 is 9.80 Å². The quantitative estimate of drug-likeness (QED) is 0.562. The van der Waals surface area contributed by atoms with E-state index in [4.69, 9.17) is 0 Å². The third kappa shape index (κ3) is 3.50. The van der Waals surface area contributed by atoms with Crippen LogP contribution in [0.25, 0.3) is 0 Å². The Kier molecular flexibility index (Phi) is 5.05. The van der Waals surface area contributed by atoms with E-state index in [1.807, 2.05) is 43.1 Å². The highest BCUT2D eigenvalue weighted by Gasteiger charge is 2.34. The molecular formula is C20H24N4O4S. The lowest BCUT2D eigenvalue weighted by Crippen LogP contribution is -2.47. The van der Waals surface area contributed by atoms with Crippen molar-refractivity contribution in [2.45, 2.75) is 24.3 Å². The van der Waals surface area contributed by atoms with Gasteiger partial charge in [0.1, 0.15) is 5.69 Å². The zero-order valence-corrected chi connectivity index (χ0v) is 17.3. The number of likely N-dealkylation sites (N-methyl/N-ethyl adjacent to an activating group) is 1. The van der Waals surface area contributed by atoms with E-state index in [1.54, 1.807) is 6.07 Å². The fourth-order valence-corrected chi connectivity index (χ4v) is 5.57. The number of hydrogen-bond acceptors (Lipinski definition) is 6. The van der Waals surface area contributed by atoms with E-state index in [2.05, 4.69) is 4.90 Å². The first-order chi connectivity index (χ1) is 13.8. The maximum atomic E-state index is 13.0. The molecule has 9 heteroatoms. The predicted octanol–water partition coefficient (Wildman–Crippen LogP) is 2.61. The zero-order chi connectivity index (χ0) is 20.8. The smallest absolute Gasteiger partial charge is 0.294 e. The van der Waals surface area contributed by atoms with E-state index in [-0.39, 0.29) is 16.6 Å². The van der Waals surface area contributed by atoms with E-state index in [0.717, 1.165) is 17.7 Å². The molecule has 2 aliphatic heterocycles. The molecule has 1 unspecified atom stereocenters. The van der Waals surface area contributed by atoms with Gasteiger partial charge in [0.15, 0.2) is 0 Å². The summed E-state index contributed by atoms with van der Waals surface area (Å²) < 4.78 is 27.5. The molecule has 8 nitrogen and oxygen atoms in total. The first-order valence-corrected chi connectivity index (χ1v) is 11.1. The van der Waals surface area contributed by atoms with Crippen LogP contribution in [-0.4, -0.2) is 61.8 Å². The molecule has 1 fully saturated rings. The van der Waals surface area contributed by atoms with Crippen LogP contribution < -0.4 is 4.90 Å². The van der Waals surface area contributed by atoms with Crippen LogP contribution in [0.4, 0.5) is 17.1 Å². The topological polar surface area (TPSA) is 87.0 Å². The van der Waals surface area contributed by atoms with Gasteiger partial charge in [-0.2, -0.15) is 4.31 Å². The van der Waals surface area contributed by atoms with E-state index >= 15 is 0 Å². The molecular weight excluding hydrogens is 392 g/mol. The molecule has 0 radical (unpaired) electrons. The fourth-order valence-electron chi connectivity index (χ4n) is 4.12. The largest absolute Gasteiger partial charge is 0.332 e. The van der Waals surface area contributed by atoms with Gasteiger partial charge in [-0.1, -0.05) is 18.2 Å². The molecule has 0 N–H and O–H groups in total. The molecule has 154 valence electrons. The lowest BCUT2D eigenvalue weighted by atomic mass is 10.1. The Hall–Kier alpha value is -2.49. The number of nitro benzene ring substituents is 1. The summed E-state index contributed by atoms with van der Waals surface area (Å²) in [6.45, 7) is 4.05. The Morgan fingerprint density at radius 3 is 2.41 bits per heavy atom. The van der Waals surface area contributed by atoms with Crippen LogP contribution in [0, 0.1) is 10.1 Å². The van der Waals surface area contributed by atoms with Crippen LogP contribution in [0.15, 0.2) is 47.4 Å². The SMILES string of the molecule is CC1Cc2ccccc2N1c1ccc(S(=O)(=O)N2CCN(C)CC2)cc1[N+](=O)[O-]. The third-order valence-electron chi connectivity index (χ3n) is 5.71. The number of sulfonamides is 1. The lowest BCUT2D eigenvalue weighted by Gasteiger charge is -2.31. The number of anilines is 2. The van der Waals surface area contributed by atoms with Crippen molar-refractivity contribution in [1.82, 2.24) is 9.21 Å². The van der Waals surface area contributed by atoms with Crippen molar-refractivity contribution in [2.75, 3.05) is 38.1 Å². The van der Waals surface area contributed by atoms with Crippen molar-refractivity contribution in [1.29, 1.82) is 0 Å². The average Bonchev–Trinajstić information content (AvgIpc) is 3.03. The number of benzene rings is 2. The first-order valence-electron chi connectivity index (χ1n) is 9.63. The Morgan fingerprint density at radius 1 is 1.03 bits per heavy atom. The highest BCUT2D eigenvalue weighted by atomic mass is 32.2. The predicted molar refractivity (Wildman–Crippen MR) is 111 cm³/mol. The van der Waals surface area contributed by atoms with Gasteiger partial charge in [0.25, 0.3) is 5.69 Å². The summed E-state index contributed by atoms with van der Waals surface area (Å²) in [5.74, 6) is 0. The second kappa shape index (κ2) is 7.40. The Labute approximate surface area is 170 Å². The summed E-state index contributed by atoms with van der Waals surface area (Å²) >= 11 is 0. The normalized spacial score (nSPS) is 20.6. The number of para-hydroxylation sites is 1. The van der Waals surface area contributed by atoms with Gasteiger partial charge in [-0.3, -0.25) is 10.1 Å². The minimum Gasteiger partial charge on any atom is -0.332 e. The Bertz CT molecular complexity index is 1050. The number of piperazine rings is 1. The molecule has 2 aromatic rings. The molecule has 4 rings (SSSR count). The van der Waals surface area contributed by atoms with Gasteiger partial charge in [-0.05, 0) is 44.2 Å². The summed E-state index contributed by atoms with van der Waals surface area (Å²) in [5, 5.41) is 11.9. The van der Waals surface area contributed by atoms with Crippen LogP contribution in [0.1, 0.15) is 12.5 Å². The molecule has 0 aliphatic carbocycles. The van der Waals surface area contributed by atoms with E-state index < -0.39 is 14.9 Å². The molecule has 2 heterocycles. The molecule has 0 bridgehead atoms. The van der Waals surface area contributed by atoms with Crippen molar-refractivity contribution in [3.8, 4) is 0 Å². The minimum absolute atomic E-state index is 0.0300. The standard InChI is InChI=1S/C20H24N4O4S/c1-15-13-16-5-3-4-6-18(16)23(15)19-8-7-17(14-20(19)24(25)26)29(27,28)22-11-9-21(2)10-12-22/h3-8,14-15H,9-13H2,1-2H3. The highest BCUT2D eigenvalue weighted by molar-refractivity contribution is 7.89. The first kappa shape index (κ1) is 19.8. The molecule has 1 saturated heterocycles. The van der Waals surface area contributed by atoms with Crippen molar-refractivity contribution < 1.29 is 13.3 Å². The molecule has 1 atom stereocenters. The van der Waals surface area contributed by atoms with Crippen LogP contribution >= 0.6 is 0 Å². The maximum Gasteiger partial charge on any atom is 0.294 e. The molecule has 0 amide bonds. The fraction of sp³-hybridized carbons (Fsp3) is 0.400. The number of rotatable bonds is 4. The van der Waals surface area contributed by atoms with Crippen LogP contribution in [-0.2, 0) is 16.4 Å². The zero-order valence-electron chi connectivity index (χ0n) is 16.5. The van der Waals surface area contributed by atoms with Gasteiger partial charge in [0.2, 0.25) is 10.0 Å². The third-order valence-corrected chi connectivity index (χ3v) is 7.61. The molecule has 0 saturated carbocycles. The summed E-state index contributed by atoms with van der Waals surface area (Å²) in [5.41, 5.74) is 2.29. The number of hydrogen-bond donors (Lipinski definition) is 0. The molecule has 2 aromatic carbocycles. The summed E-state index contributed by atoms with van der Waals surface area (Å²) in [7, 11) is -1.83. The number of fused-ring (bicyclic) bond motifs is 1. The van der Waals surface area contributed by atoms with Gasteiger partial charge in [0, 0.05) is 44.0 Å². The molecule has 0 aromatic heterocycles. The molecule has 0 spiro atoms. The minimum atomic E-state index is -3.77. The van der Waals surface area contributed by atoms with Gasteiger partial charge in [0.05, 0.1) is 9.82 Å². The Morgan fingerprint density at radius 2 is 1.72 bits per heavy atom. The number of nitrogens with zero attached hydrogens (tertiary/aromatic N) is 4. The van der Waals surface area contributed by atoms with Crippen molar-refractivity contribution in [3.05, 3.63) is 58.1 Å². The molecule has 2 aliphatic rings. The second-order valence-electron chi connectivity index (χ2n) is 7.67. The highest BCUT2D eigenvalue weighted by Crippen LogP contribution is 2.43. The van der Waals surface area contributed by atoms with Crippen molar-refractivity contribution >= 4 is 27.1 Å². The van der Waals surface area contributed by atoms with Gasteiger partial charge in [-0.15, -0.1) is 0 Å². The van der Waals surface area contributed by atoms with E-state index in [1.165, 1.54) is 16.4 Å². The van der Waals surface area contributed by atoms with E-state index in [9.17, 15) is 18.5 Å². The van der Waals surface area contributed by atoms with Crippen molar-refractivity contribution in [3.63, 3.8) is 0 Å².